The first-order valence-corrected chi connectivity index (χ1v) is 7.45. The number of nitrogens with one attached hydrogen (secondary N) is 2. The maximum absolute atomic E-state index is 6.12. The first-order chi connectivity index (χ1) is 9.16. The molecule has 1 saturated carbocycles. The van der Waals surface area contributed by atoms with Gasteiger partial charge in [0.25, 0.3) is 0 Å². The van der Waals surface area contributed by atoms with E-state index in [0.717, 1.165) is 12.8 Å². The van der Waals surface area contributed by atoms with E-state index in [1.807, 2.05) is 18.2 Å². The van der Waals surface area contributed by atoms with E-state index in [2.05, 4.69) is 29.7 Å². The largest absolute Gasteiger partial charge is 0.358 e. The molecule has 1 aliphatic rings. The zero-order valence-electron chi connectivity index (χ0n) is 11.4. The Morgan fingerprint density at radius 3 is 2.63 bits per heavy atom. The number of hydrogen-bond acceptors (Lipinski definition) is 2. The quantitative estimate of drug-likeness (QED) is 0.743. The van der Waals surface area contributed by atoms with Crippen molar-refractivity contribution in [2.45, 2.75) is 50.7 Å². The van der Waals surface area contributed by atoms with Crippen LogP contribution in [0.15, 0.2) is 30.3 Å². The molecule has 1 aromatic carbocycles. The normalized spacial score (nSPS) is 24.5. The van der Waals surface area contributed by atoms with Crippen molar-refractivity contribution < 1.29 is 0 Å². The summed E-state index contributed by atoms with van der Waals surface area (Å²) >= 11 is 5.39. The van der Waals surface area contributed by atoms with Crippen LogP contribution >= 0.6 is 12.2 Å². The first-order valence-electron chi connectivity index (χ1n) is 7.04. The van der Waals surface area contributed by atoms with Crippen molar-refractivity contribution in [3.63, 3.8) is 0 Å². The van der Waals surface area contributed by atoms with E-state index in [-0.39, 0.29) is 12.1 Å². The van der Waals surface area contributed by atoms with Crippen molar-refractivity contribution >= 4 is 17.3 Å². The molecule has 3 atom stereocenters. The lowest BCUT2D eigenvalue weighted by molar-refractivity contribution is 0.358. The average Bonchev–Trinajstić information content (AvgIpc) is 2.42. The Hall–Kier alpha value is -1.13. The van der Waals surface area contributed by atoms with Gasteiger partial charge in [0, 0.05) is 12.1 Å². The molecule has 1 fully saturated rings. The van der Waals surface area contributed by atoms with Crippen molar-refractivity contribution in [1.82, 2.24) is 10.6 Å². The van der Waals surface area contributed by atoms with Gasteiger partial charge in [0.15, 0.2) is 5.11 Å². The minimum absolute atomic E-state index is 0.209. The minimum atomic E-state index is 0.209. The fourth-order valence-corrected chi connectivity index (χ4v) is 2.90. The van der Waals surface area contributed by atoms with Crippen LogP contribution in [0.2, 0.25) is 0 Å². The molecule has 2 rings (SSSR count). The molecular formula is C15H23N3S. The number of rotatable bonds is 3. The van der Waals surface area contributed by atoms with Crippen LogP contribution < -0.4 is 16.4 Å². The van der Waals surface area contributed by atoms with Gasteiger partial charge in [-0.3, -0.25) is 0 Å². The Bertz CT molecular complexity index is 407. The summed E-state index contributed by atoms with van der Waals surface area (Å²) in [6.45, 7) is 2.12. The van der Waals surface area contributed by atoms with E-state index >= 15 is 0 Å². The van der Waals surface area contributed by atoms with Gasteiger partial charge >= 0.3 is 0 Å². The van der Waals surface area contributed by atoms with E-state index in [1.165, 1.54) is 18.4 Å². The number of hydrogen-bond donors (Lipinski definition) is 3. The molecule has 0 radical (unpaired) electrons. The fourth-order valence-electron chi connectivity index (χ4n) is 2.57. The molecule has 0 bridgehead atoms. The molecule has 104 valence electrons. The Morgan fingerprint density at radius 1 is 1.26 bits per heavy atom. The molecule has 1 aliphatic carbocycles. The maximum atomic E-state index is 6.12. The van der Waals surface area contributed by atoms with Crippen molar-refractivity contribution in [3.05, 3.63) is 35.9 Å². The summed E-state index contributed by atoms with van der Waals surface area (Å²) in [7, 11) is 0. The highest BCUT2D eigenvalue weighted by atomic mass is 32.1. The molecule has 3 nitrogen and oxygen atoms in total. The lowest BCUT2D eigenvalue weighted by atomic mass is 9.91. The lowest BCUT2D eigenvalue weighted by Gasteiger charge is -2.31. The molecule has 0 heterocycles. The summed E-state index contributed by atoms with van der Waals surface area (Å²) < 4.78 is 0. The zero-order chi connectivity index (χ0) is 13.7. The Kier molecular flexibility index (Phi) is 5.16. The van der Waals surface area contributed by atoms with Gasteiger partial charge < -0.3 is 16.4 Å². The van der Waals surface area contributed by atoms with Gasteiger partial charge in [-0.25, -0.2) is 0 Å². The SMILES string of the molecule is C[C@H](NC(=S)NC1CCCCC1N)c1ccccc1. The summed E-state index contributed by atoms with van der Waals surface area (Å²) in [4.78, 5) is 0. The van der Waals surface area contributed by atoms with Gasteiger partial charge in [0.05, 0.1) is 6.04 Å². The monoisotopic (exact) mass is 277 g/mol. The maximum Gasteiger partial charge on any atom is 0.167 e. The molecule has 19 heavy (non-hydrogen) atoms. The van der Waals surface area contributed by atoms with Crippen molar-refractivity contribution in [3.8, 4) is 0 Å². The Morgan fingerprint density at radius 2 is 1.95 bits per heavy atom. The Labute approximate surface area is 121 Å². The second kappa shape index (κ2) is 6.87. The zero-order valence-corrected chi connectivity index (χ0v) is 12.2. The van der Waals surface area contributed by atoms with E-state index in [9.17, 15) is 0 Å². The lowest BCUT2D eigenvalue weighted by Crippen LogP contribution is -2.52. The molecule has 4 N–H and O–H groups in total. The molecular weight excluding hydrogens is 254 g/mol. The van der Waals surface area contributed by atoms with Gasteiger partial charge in [-0.05, 0) is 37.5 Å². The second-order valence-electron chi connectivity index (χ2n) is 5.30. The highest BCUT2D eigenvalue weighted by molar-refractivity contribution is 7.80. The van der Waals surface area contributed by atoms with Gasteiger partial charge in [0.2, 0.25) is 0 Å². The van der Waals surface area contributed by atoms with Crippen LogP contribution in [-0.4, -0.2) is 17.2 Å². The van der Waals surface area contributed by atoms with Crippen molar-refractivity contribution in [1.29, 1.82) is 0 Å². The second-order valence-corrected chi connectivity index (χ2v) is 5.71. The van der Waals surface area contributed by atoms with Crippen LogP contribution in [-0.2, 0) is 0 Å². The van der Waals surface area contributed by atoms with Crippen LogP contribution in [0.4, 0.5) is 0 Å². The predicted molar refractivity (Wildman–Crippen MR) is 84.0 cm³/mol. The Balaban J connectivity index is 1.84. The summed E-state index contributed by atoms with van der Waals surface area (Å²) in [5, 5.41) is 7.40. The molecule has 0 spiro atoms. The van der Waals surface area contributed by atoms with Crippen molar-refractivity contribution in [2.24, 2.45) is 5.73 Å². The summed E-state index contributed by atoms with van der Waals surface area (Å²) in [5.74, 6) is 0. The van der Waals surface area contributed by atoms with E-state index in [1.54, 1.807) is 0 Å². The van der Waals surface area contributed by atoms with Crippen LogP contribution in [0.3, 0.4) is 0 Å². The molecule has 4 heteroatoms. The van der Waals surface area contributed by atoms with Crippen LogP contribution in [0.1, 0.15) is 44.2 Å². The molecule has 0 aliphatic heterocycles. The van der Waals surface area contributed by atoms with E-state index < -0.39 is 0 Å². The third kappa shape index (κ3) is 4.18. The average molecular weight is 277 g/mol. The summed E-state index contributed by atoms with van der Waals surface area (Å²) in [6, 6.07) is 11.1. The third-order valence-electron chi connectivity index (χ3n) is 3.78. The first kappa shape index (κ1) is 14.3. The van der Waals surface area contributed by atoms with Crippen LogP contribution in [0.25, 0.3) is 0 Å². The van der Waals surface area contributed by atoms with Crippen LogP contribution in [0.5, 0.6) is 0 Å². The molecule has 0 aromatic heterocycles. The molecule has 0 amide bonds. The van der Waals surface area contributed by atoms with Crippen molar-refractivity contribution in [2.75, 3.05) is 0 Å². The fraction of sp³-hybridized carbons (Fsp3) is 0.533. The standard InChI is InChI=1S/C15H23N3S/c1-11(12-7-3-2-4-8-12)17-15(19)18-14-10-6-5-9-13(14)16/h2-4,7-8,11,13-14H,5-6,9-10,16H2,1H3,(H2,17,18,19)/t11-,13?,14?/m0/s1. The minimum Gasteiger partial charge on any atom is -0.358 e. The van der Waals surface area contributed by atoms with Crippen LogP contribution in [0, 0.1) is 0 Å². The van der Waals surface area contributed by atoms with E-state index in [4.69, 9.17) is 18.0 Å². The highest BCUT2D eigenvalue weighted by Crippen LogP contribution is 2.17. The summed E-state index contributed by atoms with van der Waals surface area (Å²) in [6.07, 6.45) is 4.68. The molecule has 1 aromatic rings. The molecule has 0 saturated heterocycles. The smallest absolute Gasteiger partial charge is 0.167 e. The number of nitrogens with two attached hydrogens (primary N) is 1. The third-order valence-corrected chi connectivity index (χ3v) is 4.02. The number of thiocarbonyl (C=S) groups is 1. The molecule has 2 unspecified atom stereocenters. The number of benzene rings is 1. The van der Waals surface area contributed by atoms with Gasteiger partial charge in [-0.15, -0.1) is 0 Å². The highest BCUT2D eigenvalue weighted by Gasteiger charge is 2.22. The summed E-state index contributed by atoms with van der Waals surface area (Å²) in [5.41, 5.74) is 7.36. The van der Waals surface area contributed by atoms with Gasteiger partial charge in [-0.1, -0.05) is 43.2 Å². The van der Waals surface area contributed by atoms with E-state index in [0.29, 0.717) is 11.2 Å². The topological polar surface area (TPSA) is 50.1 Å². The predicted octanol–water partition coefficient (Wildman–Crippen LogP) is 2.48. The van der Waals surface area contributed by atoms with Gasteiger partial charge in [-0.2, -0.15) is 0 Å². The van der Waals surface area contributed by atoms with Gasteiger partial charge in [0.1, 0.15) is 0 Å².